The average molecular weight is 482 g/mol. The number of hydrogen-bond donors (Lipinski definition) is 1. The summed E-state index contributed by atoms with van der Waals surface area (Å²) in [6.07, 6.45) is 5.11. The number of ether oxygens (including phenoxy) is 1. The number of pyridine rings is 2. The molecule has 0 bridgehead atoms. The molecular formula is C21H14BrClN6O. The molecule has 0 saturated carbocycles. The van der Waals surface area contributed by atoms with Crippen LogP contribution in [0.15, 0.2) is 65.7 Å². The number of nitrogens with one attached hydrogen (secondary N) is 1. The van der Waals surface area contributed by atoms with Gasteiger partial charge in [-0.1, -0.05) is 11.6 Å². The molecule has 0 radical (unpaired) electrons. The fourth-order valence-corrected chi connectivity index (χ4v) is 3.55. The first-order valence-corrected chi connectivity index (χ1v) is 10.2. The summed E-state index contributed by atoms with van der Waals surface area (Å²) in [5.41, 5.74) is 4.08. The third-order valence-electron chi connectivity index (χ3n) is 4.56. The maximum absolute atomic E-state index is 6.15. The molecule has 9 heteroatoms. The van der Waals surface area contributed by atoms with Crippen LogP contribution in [0.4, 0.5) is 11.5 Å². The van der Waals surface area contributed by atoms with Gasteiger partial charge in [0.2, 0.25) is 0 Å². The number of rotatable bonds is 4. The zero-order chi connectivity index (χ0) is 20.7. The molecule has 0 aliphatic rings. The van der Waals surface area contributed by atoms with Gasteiger partial charge < -0.3 is 10.1 Å². The van der Waals surface area contributed by atoms with Gasteiger partial charge >= 0.3 is 0 Å². The van der Waals surface area contributed by atoms with Crippen molar-refractivity contribution in [3.8, 4) is 11.5 Å². The number of benzene rings is 1. The van der Waals surface area contributed by atoms with E-state index in [0.717, 1.165) is 28.3 Å². The Kier molecular flexibility index (Phi) is 4.72. The fraction of sp³-hybridized carbons (Fsp3) is 0.0476. The van der Waals surface area contributed by atoms with E-state index in [0.29, 0.717) is 26.5 Å². The van der Waals surface area contributed by atoms with Gasteiger partial charge in [-0.15, -0.1) is 0 Å². The molecule has 0 unspecified atom stereocenters. The summed E-state index contributed by atoms with van der Waals surface area (Å²) in [7, 11) is 0. The lowest BCUT2D eigenvalue weighted by molar-refractivity contribution is 0.478. The molecule has 7 nitrogen and oxygen atoms in total. The molecule has 5 aromatic rings. The molecule has 1 aromatic carbocycles. The second-order valence-corrected chi connectivity index (χ2v) is 7.83. The monoisotopic (exact) mass is 480 g/mol. The predicted molar refractivity (Wildman–Crippen MR) is 120 cm³/mol. The Morgan fingerprint density at radius 1 is 1.10 bits per heavy atom. The highest BCUT2D eigenvalue weighted by atomic mass is 79.9. The Balaban J connectivity index is 1.42. The van der Waals surface area contributed by atoms with Crippen LogP contribution in [0, 0.1) is 6.92 Å². The number of hydrogen-bond acceptors (Lipinski definition) is 6. The molecule has 0 fully saturated rings. The van der Waals surface area contributed by atoms with Crippen molar-refractivity contribution in [1.29, 1.82) is 0 Å². The molecular weight excluding hydrogens is 468 g/mol. The van der Waals surface area contributed by atoms with Crippen molar-refractivity contribution < 1.29 is 4.74 Å². The number of fused-ring (bicyclic) bond motifs is 2. The van der Waals surface area contributed by atoms with Crippen LogP contribution in [-0.4, -0.2) is 24.6 Å². The number of halogens is 2. The topological polar surface area (TPSA) is 77.2 Å². The summed E-state index contributed by atoms with van der Waals surface area (Å²) in [6.45, 7) is 1.99. The van der Waals surface area contributed by atoms with E-state index in [1.165, 1.54) is 6.33 Å². The van der Waals surface area contributed by atoms with E-state index in [2.05, 4.69) is 41.3 Å². The van der Waals surface area contributed by atoms with Crippen LogP contribution in [0.3, 0.4) is 0 Å². The van der Waals surface area contributed by atoms with Crippen LogP contribution in [0.25, 0.3) is 16.6 Å². The van der Waals surface area contributed by atoms with Gasteiger partial charge in [0.05, 0.1) is 15.5 Å². The van der Waals surface area contributed by atoms with Crippen LogP contribution in [0.5, 0.6) is 11.5 Å². The molecule has 0 atom stereocenters. The smallest absolute Gasteiger partial charge is 0.160 e. The van der Waals surface area contributed by atoms with E-state index in [1.54, 1.807) is 10.7 Å². The van der Waals surface area contributed by atoms with Crippen molar-refractivity contribution in [2.45, 2.75) is 6.92 Å². The first-order chi connectivity index (χ1) is 14.6. The van der Waals surface area contributed by atoms with Crippen molar-refractivity contribution in [3.63, 3.8) is 0 Å². The van der Waals surface area contributed by atoms with Gasteiger partial charge in [-0.3, -0.25) is 0 Å². The second-order valence-electron chi connectivity index (χ2n) is 6.62. The van der Waals surface area contributed by atoms with Gasteiger partial charge in [-0.25, -0.2) is 19.5 Å². The first kappa shape index (κ1) is 18.8. The minimum Gasteiger partial charge on any atom is -0.457 e. The summed E-state index contributed by atoms with van der Waals surface area (Å²) in [6, 6.07) is 13.4. The summed E-state index contributed by atoms with van der Waals surface area (Å²) in [4.78, 5) is 13.0. The lowest BCUT2D eigenvalue weighted by Gasteiger charge is -2.12. The molecule has 0 spiro atoms. The largest absolute Gasteiger partial charge is 0.457 e. The second kappa shape index (κ2) is 7.55. The molecule has 5 rings (SSSR count). The zero-order valence-corrected chi connectivity index (χ0v) is 18.0. The molecule has 1 N–H and O–H groups in total. The van der Waals surface area contributed by atoms with Crippen molar-refractivity contribution in [3.05, 3.63) is 76.4 Å². The van der Waals surface area contributed by atoms with Gasteiger partial charge in [0.15, 0.2) is 5.82 Å². The van der Waals surface area contributed by atoms with Gasteiger partial charge in [0.25, 0.3) is 0 Å². The molecule has 0 aliphatic carbocycles. The molecule has 0 saturated heterocycles. The number of anilines is 2. The minimum absolute atomic E-state index is 0.357. The van der Waals surface area contributed by atoms with Crippen LogP contribution in [0.1, 0.15) is 5.56 Å². The summed E-state index contributed by atoms with van der Waals surface area (Å²) < 4.78 is 8.54. The number of aromatic nitrogens is 5. The van der Waals surface area contributed by atoms with E-state index in [1.807, 2.05) is 55.6 Å². The van der Waals surface area contributed by atoms with E-state index in [-0.39, 0.29) is 0 Å². The lowest BCUT2D eigenvalue weighted by atomic mass is 10.2. The molecule has 148 valence electrons. The highest BCUT2D eigenvalue weighted by Gasteiger charge is 2.11. The molecule has 0 amide bonds. The molecule has 4 heterocycles. The minimum atomic E-state index is 0.357. The van der Waals surface area contributed by atoms with Crippen molar-refractivity contribution in [2.24, 2.45) is 0 Å². The Labute approximate surface area is 184 Å². The predicted octanol–water partition coefficient (Wildman–Crippen LogP) is 5.93. The van der Waals surface area contributed by atoms with E-state index >= 15 is 0 Å². The van der Waals surface area contributed by atoms with E-state index in [9.17, 15) is 0 Å². The van der Waals surface area contributed by atoms with E-state index in [4.69, 9.17) is 16.3 Å². The first-order valence-electron chi connectivity index (χ1n) is 9.02. The number of nitrogens with zero attached hydrogens (tertiary/aromatic N) is 5. The van der Waals surface area contributed by atoms with Crippen LogP contribution >= 0.6 is 27.5 Å². The SMILES string of the molecule is Cc1cc(Nc2ncnc3cc(Br)c(Cl)nc23)ccc1Oc1ccn2nccc2c1. The maximum atomic E-state index is 6.15. The highest BCUT2D eigenvalue weighted by molar-refractivity contribution is 9.10. The molecule has 4 aromatic heterocycles. The van der Waals surface area contributed by atoms with Crippen LogP contribution in [0.2, 0.25) is 5.15 Å². The Bertz CT molecular complexity index is 1400. The normalized spacial score (nSPS) is 11.2. The van der Waals surface area contributed by atoms with Gasteiger partial charge in [0, 0.05) is 24.1 Å². The lowest BCUT2D eigenvalue weighted by Crippen LogP contribution is -1.99. The summed E-state index contributed by atoms with van der Waals surface area (Å²) in [5, 5.41) is 7.84. The highest BCUT2D eigenvalue weighted by Crippen LogP contribution is 2.31. The quantitative estimate of drug-likeness (QED) is 0.320. The van der Waals surface area contributed by atoms with E-state index < -0.39 is 0 Å². The summed E-state index contributed by atoms with van der Waals surface area (Å²) in [5.74, 6) is 2.09. The fourth-order valence-electron chi connectivity index (χ4n) is 3.10. The average Bonchev–Trinajstić information content (AvgIpc) is 3.19. The third kappa shape index (κ3) is 3.55. The Hall–Kier alpha value is -3.23. The summed E-state index contributed by atoms with van der Waals surface area (Å²) >= 11 is 9.52. The standard InChI is InChI=1S/C21H14BrClN6O/c1-12-8-13(27-21-19-17(24-11-25-21)10-16(22)20(23)28-19)2-3-18(12)30-15-5-7-29-14(9-15)4-6-26-29/h2-11H,1H3,(H,24,25,27). The molecule has 0 aliphatic heterocycles. The van der Waals surface area contributed by atoms with Crippen molar-refractivity contribution in [2.75, 3.05) is 5.32 Å². The van der Waals surface area contributed by atoms with Gasteiger partial charge in [0.1, 0.15) is 28.5 Å². The van der Waals surface area contributed by atoms with Gasteiger partial charge in [-0.2, -0.15) is 5.10 Å². The third-order valence-corrected chi connectivity index (χ3v) is 5.68. The Morgan fingerprint density at radius 3 is 2.87 bits per heavy atom. The van der Waals surface area contributed by atoms with Crippen molar-refractivity contribution in [1.82, 2.24) is 24.6 Å². The zero-order valence-electron chi connectivity index (χ0n) is 15.7. The maximum Gasteiger partial charge on any atom is 0.160 e. The molecule has 30 heavy (non-hydrogen) atoms. The van der Waals surface area contributed by atoms with Crippen LogP contribution in [-0.2, 0) is 0 Å². The van der Waals surface area contributed by atoms with Crippen LogP contribution < -0.4 is 10.1 Å². The Morgan fingerprint density at radius 2 is 2.00 bits per heavy atom. The van der Waals surface area contributed by atoms with Gasteiger partial charge in [-0.05, 0) is 64.8 Å². The van der Waals surface area contributed by atoms with Crippen molar-refractivity contribution >= 4 is 55.6 Å². The number of aryl methyl sites for hydroxylation is 1.